The number of amides is 1. The van der Waals surface area contributed by atoms with Gasteiger partial charge >= 0.3 is 0 Å². The molecule has 2 atom stereocenters. The number of nitrogens with two attached hydrogens (primary N) is 1. The highest BCUT2D eigenvalue weighted by atomic mass is 32.2. The van der Waals surface area contributed by atoms with E-state index in [4.69, 9.17) is 5.73 Å². The molecule has 6 nitrogen and oxygen atoms in total. The van der Waals surface area contributed by atoms with Gasteiger partial charge in [0.15, 0.2) is 0 Å². The zero-order valence-corrected chi connectivity index (χ0v) is 15.1. The topological polar surface area (TPSA) is 92.5 Å². The fraction of sp³-hybridized carbons (Fsp3) is 0.588. The molecule has 1 aliphatic rings. The van der Waals surface area contributed by atoms with Gasteiger partial charge < -0.3 is 11.1 Å². The molecule has 0 aliphatic carbocycles. The maximum absolute atomic E-state index is 12.6. The van der Waals surface area contributed by atoms with Crippen LogP contribution in [0.25, 0.3) is 0 Å². The predicted octanol–water partition coefficient (Wildman–Crippen LogP) is 1.19. The molecule has 1 saturated heterocycles. The average molecular weight is 353 g/mol. The molecule has 7 heteroatoms. The van der Waals surface area contributed by atoms with Crippen molar-refractivity contribution in [3.05, 3.63) is 30.3 Å². The molecule has 2 unspecified atom stereocenters. The Morgan fingerprint density at radius 1 is 1.25 bits per heavy atom. The lowest BCUT2D eigenvalue weighted by molar-refractivity contribution is -0.125. The summed E-state index contributed by atoms with van der Waals surface area (Å²) in [6, 6.07) is 8.33. The van der Waals surface area contributed by atoms with Gasteiger partial charge in [-0.05, 0) is 37.8 Å². The molecule has 0 bridgehead atoms. The number of hydrogen-bond acceptors (Lipinski definition) is 4. The van der Waals surface area contributed by atoms with Crippen LogP contribution in [0.4, 0.5) is 0 Å². The van der Waals surface area contributed by atoms with Crippen molar-refractivity contribution in [1.82, 2.24) is 9.62 Å². The minimum Gasteiger partial charge on any atom is -0.356 e. The number of rotatable bonds is 6. The monoisotopic (exact) mass is 353 g/mol. The third kappa shape index (κ3) is 4.55. The Hall–Kier alpha value is -1.44. The lowest BCUT2D eigenvalue weighted by Gasteiger charge is -2.31. The molecule has 0 radical (unpaired) electrons. The minimum absolute atomic E-state index is 0.0377. The van der Waals surface area contributed by atoms with Crippen LogP contribution in [0.1, 0.15) is 26.7 Å². The third-order valence-electron chi connectivity index (χ3n) is 4.72. The summed E-state index contributed by atoms with van der Waals surface area (Å²) in [5.74, 6) is 0.0457. The van der Waals surface area contributed by atoms with Crippen LogP contribution >= 0.6 is 0 Å². The van der Waals surface area contributed by atoms with Gasteiger partial charge in [-0.3, -0.25) is 4.79 Å². The van der Waals surface area contributed by atoms with Crippen molar-refractivity contribution in [2.24, 2.45) is 17.6 Å². The Bertz CT molecular complexity index is 638. The van der Waals surface area contributed by atoms with Crippen molar-refractivity contribution >= 4 is 15.9 Å². The molecule has 0 saturated carbocycles. The number of hydrogen-bond donors (Lipinski definition) is 2. The quantitative estimate of drug-likeness (QED) is 0.803. The highest BCUT2D eigenvalue weighted by molar-refractivity contribution is 7.89. The number of nitrogens with one attached hydrogen (secondary N) is 1. The van der Waals surface area contributed by atoms with E-state index in [-0.39, 0.29) is 17.9 Å². The van der Waals surface area contributed by atoms with E-state index in [9.17, 15) is 13.2 Å². The van der Waals surface area contributed by atoms with Gasteiger partial charge in [0.05, 0.1) is 4.90 Å². The number of sulfonamides is 1. The summed E-state index contributed by atoms with van der Waals surface area (Å²) in [5.41, 5.74) is 5.73. The third-order valence-corrected chi connectivity index (χ3v) is 6.63. The van der Waals surface area contributed by atoms with Gasteiger partial charge in [0.1, 0.15) is 0 Å². The van der Waals surface area contributed by atoms with Crippen LogP contribution in [0.2, 0.25) is 0 Å². The van der Waals surface area contributed by atoms with E-state index in [1.54, 1.807) is 30.3 Å². The second-order valence-corrected chi connectivity index (χ2v) is 8.49. The fourth-order valence-corrected chi connectivity index (χ4v) is 4.23. The summed E-state index contributed by atoms with van der Waals surface area (Å²) in [6.45, 7) is 5.18. The molecule has 1 heterocycles. The molecule has 0 aromatic heterocycles. The first-order valence-corrected chi connectivity index (χ1v) is 9.85. The van der Waals surface area contributed by atoms with E-state index < -0.39 is 10.0 Å². The molecule has 134 valence electrons. The first-order chi connectivity index (χ1) is 11.3. The zero-order chi connectivity index (χ0) is 17.7. The Kier molecular flexibility index (Phi) is 6.37. The maximum atomic E-state index is 12.6. The molecular weight excluding hydrogens is 326 g/mol. The van der Waals surface area contributed by atoms with E-state index in [0.29, 0.717) is 30.4 Å². The lowest BCUT2D eigenvalue weighted by Crippen LogP contribution is -2.44. The van der Waals surface area contributed by atoms with Gasteiger partial charge in [0.25, 0.3) is 0 Å². The molecule has 3 N–H and O–H groups in total. The lowest BCUT2D eigenvalue weighted by atomic mass is 9.97. The van der Waals surface area contributed by atoms with Crippen molar-refractivity contribution in [3.63, 3.8) is 0 Å². The van der Waals surface area contributed by atoms with E-state index >= 15 is 0 Å². The van der Waals surface area contributed by atoms with Crippen molar-refractivity contribution in [3.8, 4) is 0 Å². The first-order valence-electron chi connectivity index (χ1n) is 8.41. The number of benzene rings is 1. The van der Waals surface area contributed by atoms with E-state index in [2.05, 4.69) is 5.32 Å². The molecule has 1 fully saturated rings. The van der Waals surface area contributed by atoms with Crippen LogP contribution in [0, 0.1) is 11.8 Å². The second-order valence-electron chi connectivity index (χ2n) is 6.55. The summed E-state index contributed by atoms with van der Waals surface area (Å²) in [4.78, 5) is 12.3. The van der Waals surface area contributed by atoms with Crippen molar-refractivity contribution in [2.45, 2.75) is 37.6 Å². The first kappa shape index (κ1) is 18.9. The predicted molar refractivity (Wildman–Crippen MR) is 93.7 cm³/mol. The highest BCUT2D eigenvalue weighted by Crippen LogP contribution is 2.23. The van der Waals surface area contributed by atoms with E-state index in [1.165, 1.54) is 4.31 Å². The van der Waals surface area contributed by atoms with E-state index in [0.717, 1.165) is 12.8 Å². The maximum Gasteiger partial charge on any atom is 0.243 e. The molecule has 1 amide bonds. The summed E-state index contributed by atoms with van der Waals surface area (Å²) >= 11 is 0. The van der Waals surface area contributed by atoms with Crippen LogP contribution < -0.4 is 11.1 Å². The molecule has 1 aromatic carbocycles. The highest BCUT2D eigenvalue weighted by Gasteiger charge is 2.29. The Labute approximate surface area is 144 Å². The Morgan fingerprint density at radius 3 is 2.38 bits per heavy atom. The molecular formula is C17H27N3O3S. The number of carbonyl (C=O) groups excluding carboxylic acids is 1. The number of carbonyl (C=O) groups is 1. The number of nitrogens with zero attached hydrogens (tertiary/aromatic N) is 1. The Balaban J connectivity index is 1.85. The number of piperidine rings is 1. The van der Waals surface area contributed by atoms with Crippen molar-refractivity contribution < 1.29 is 13.2 Å². The second kappa shape index (κ2) is 8.09. The van der Waals surface area contributed by atoms with Gasteiger partial charge in [-0.25, -0.2) is 8.42 Å². The van der Waals surface area contributed by atoms with Gasteiger partial charge in [-0.15, -0.1) is 0 Å². The van der Waals surface area contributed by atoms with Gasteiger partial charge in [0.2, 0.25) is 15.9 Å². The smallest absolute Gasteiger partial charge is 0.243 e. The van der Waals surface area contributed by atoms with Crippen LogP contribution in [0.3, 0.4) is 0 Å². The molecule has 2 rings (SSSR count). The van der Waals surface area contributed by atoms with Gasteiger partial charge in [-0.2, -0.15) is 4.31 Å². The largest absolute Gasteiger partial charge is 0.356 e. The minimum atomic E-state index is -3.41. The van der Waals surface area contributed by atoms with Crippen LogP contribution in [0.15, 0.2) is 35.2 Å². The van der Waals surface area contributed by atoms with Crippen LogP contribution in [-0.2, 0) is 14.8 Å². The van der Waals surface area contributed by atoms with Crippen molar-refractivity contribution in [1.29, 1.82) is 0 Å². The summed E-state index contributed by atoms with van der Waals surface area (Å²) in [5, 5.41) is 2.93. The summed E-state index contributed by atoms with van der Waals surface area (Å²) in [7, 11) is -3.41. The molecule has 1 aromatic rings. The zero-order valence-electron chi connectivity index (χ0n) is 14.3. The molecule has 0 spiro atoms. The van der Waals surface area contributed by atoms with Gasteiger partial charge in [-0.1, -0.05) is 25.1 Å². The van der Waals surface area contributed by atoms with Crippen molar-refractivity contribution in [2.75, 3.05) is 19.6 Å². The Morgan fingerprint density at radius 2 is 1.83 bits per heavy atom. The molecule has 24 heavy (non-hydrogen) atoms. The molecule has 1 aliphatic heterocycles. The summed E-state index contributed by atoms with van der Waals surface area (Å²) < 4.78 is 26.7. The van der Waals surface area contributed by atoms with Crippen LogP contribution in [-0.4, -0.2) is 44.3 Å². The average Bonchev–Trinajstić information content (AvgIpc) is 2.60. The fourth-order valence-electron chi connectivity index (χ4n) is 2.74. The summed E-state index contributed by atoms with van der Waals surface area (Å²) in [6.07, 6.45) is 1.50. The van der Waals surface area contributed by atoms with Gasteiger partial charge in [0, 0.05) is 31.6 Å². The standard InChI is InChI=1S/C17H27N3O3S/c1-13(14(2)18)17(21)19-12-15-8-10-20(11-9-15)24(22,23)16-6-4-3-5-7-16/h3-7,13-15H,8-12,18H2,1-2H3,(H,19,21). The normalized spacial score (nSPS) is 19.6. The van der Waals surface area contributed by atoms with Crippen LogP contribution in [0.5, 0.6) is 0 Å². The van der Waals surface area contributed by atoms with E-state index in [1.807, 2.05) is 13.8 Å². The SMILES string of the molecule is CC(N)C(C)C(=O)NCC1CCN(S(=O)(=O)c2ccccc2)CC1.